The van der Waals surface area contributed by atoms with Crippen molar-refractivity contribution in [2.24, 2.45) is 5.73 Å². The summed E-state index contributed by atoms with van der Waals surface area (Å²) in [4.78, 5) is 57.4. The number of halogens is 1. The molecule has 0 saturated heterocycles. The van der Waals surface area contributed by atoms with Gasteiger partial charge in [0.25, 0.3) is 11.8 Å². The van der Waals surface area contributed by atoms with Crippen molar-refractivity contribution in [3.05, 3.63) is 83.1 Å². The zero-order chi connectivity index (χ0) is 31.6. The standard InChI is InChI=1S/C31H35ClN4O7/c1-31(2,3)43-30(40)35(23-11-13-34-14-12-23)16-17-42-24-19-21(18-22(32)20-24)29(39)36(15-7-10-27(37)41-4)26-9-6-5-8-25(26)28(33)38/h5-6,8-9,11-14,18-20H,7,10,15-17H2,1-4H3,(H2,33,38). The number of para-hydroxylation sites is 1. The third-order valence-electron chi connectivity index (χ3n) is 5.99. The predicted molar refractivity (Wildman–Crippen MR) is 163 cm³/mol. The zero-order valence-corrected chi connectivity index (χ0v) is 25.3. The minimum Gasteiger partial charge on any atom is -0.492 e. The van der Waals surface area contributed by atoms with Crippen molar-refractivity contribution in [2.45, 2.75) is 39.2 Å². The van der Waals surface area contributed by atoms with E-state index >= 15 is 0 Å². The molecule has 0 saturated carbocycles. The van der Waals surface area contributed by atoms with Crippen molar-refractivity contribution in [3.8, 4) is 5.75 Å². The van der Waals surface area contributed by atoms with Crippen LogP contribution in [0.1, 0.15) is 54.3 Å². The average Bonchev–Trinajstić information content (AvgIpc) is 2.96. The Morgan fingerprint density at radius 1 is 0.953 bits per heavy atom. The number of nitrogens with two attached hydrogens (primary N) is 1. The summed E-state index contributed by atoms with van der Waals surface area (Å²) in [6, 6.07) is 14.3. The van der Waals surface area contributed by atoms with E-state index in [1.807, 2.05) is 0 Å². The zero-order valence-electron chi connectivity index (χ0n) is 24.5. The maximum Gasteiger partial charge on any atom is 0.414 e. The molecule has 0 aliphatic rings. The summed E-state index contributed by atoms with van der Waals surface area (Å²) in [5.74, 6) is -1.34. The van der Waals surface area contributed by atoms with Crippen LogP contribution in [0.4, 0.5) is 16.2 Å². The fourth-order valence-electron chi connectivity index (χ4n) is 4.08. The summed E-state index contributed by atoms with van der Waals surface area (Å²) in [7, 11) is 1.28. The van der Waals surface area contributed by atoms with E-state index in [0.717, 1.165) is 0 Å². The van der Waals surface area contributed by atoms with E-state index in [9.17, 15) is 19.2 Å². The third-order valence-corrected chi connectivity index (χ3v) is 6.20. The van der Waals surface area contributed by atoms with E-state index in [4.69, 9.17) is 31.5 Å². The van der Waals surface area contributed by atoms with Crippen molar-refractivity contribution in [1.29, 1.82) is 0 Å². The number of esters is 1. The topological polar surface area (TPSA) is 141 Å². The summed E-state index contributed by atoms with van der Waals surface area (Å²) < 4.78 is 16.2. The molecule has 1 aromatic heterocycles. The molecule has 228 valence electrons. The highest BCUT2D eigenvalue weighted by molar-refractivity contribution is 6.31. The average molecular weight is 611 g/mol. The molecule has 1 heterocycles. The molecule has 12 heteroatoms. The van der Waals surface area contributed by atoms with Gasteiger partial charge in [-0.3, -0.25) is 24.3 Å². The number of hydrogen-bond donors (Lipinski definition) is 1. The molecule has 2 N–H and O–H groups in total. The molecular formula is C31H35ClN4O7. The number of ether oxygens (including phenoxy) is 3. The quantitative estimate of drug-likeness (QED) is 0.274. The summed E-state index contributed by atoms with van der Waals surface area (Å²) in [6.07, 6.45) is 2.91. The molecule has 0 fully saturated rings. The van der Waals surface area contributed by atoms with E-state index in [-0.39, 0.29) is 60.1 Å². The molecule has 0 unspecified atom stereocenters. The van der Waals surface area contributed by atoms with Gasteiger partial charge < -0.3 is 24.8 Å². The first kappa shape index (κ1) is 32.9. The van der Waals surface area contributed by atoms with Crippen molar-refractivity contribution >= 4 is 46.9 Å². The van der Waals surface area contributed by atoms with E-state index in [1.165, 1.54) is 35.1 Å². The van der Waals surface area contributed by atoms with Gasteiger partial charge in [0, 0.05) is 35.9 Å². The molecule has 3 rings (SSSR count). The second kappa shape index (κ2) is 15.0. The molecule has 2 aromatic carbocycles. The van der Waals surface area contributed by atoms with Crippen molar-refractivity contribution < 1.29 is 33.4 Å². The summed E-state index contributed by atoms with van der Waals surface area (Å²) >= 11 is 6.37. The number of aromatic nitrogens is 1. The van der Waals surface area contributed by atoms with Crippen LogP contribution in [0.25, 0.3) is 0 Å². The predicted octanol–water partition coefficient (Wildman–Crippen LogP) is 5.25. The second-order valence-electron chi connectivity index (χ2n) is 10.4. The number of carbonyl (C=O) groups is 4. The third kappa shape index (κ3) is 9.71. The monoisotopic (exact) mass is 610 g/mol. The van der Waals surface area contributed by atoms with Gasteiger partial charge >= 0.3 is 12.1 Å². The molecule has 0 aliphatic heterocycles. The molecule has 0 bridgehead atoms. The fourth-order valence-corrected chi connectivity index (χ4v) is 4.30. The highest BCUT2D eigenvalue weighted by Crippen LogP contribution is 2.27. The lowest BCUT2D eigenvalue weighted by atomic mass is 10.1. The number of carbonyl (C=O) groups excluding carboxylic acids is 4. The molecule has 0 aliphatic carbocycles. The van der Waals surface area contributed by atoms with Gasteiger partial charge in [-0.15, -0.1) is 0 Å². The van der Waals surface area contributed by atoms with Gasteiger partial charge in [0.15, 0.2) is 0 Å². The number of rotatable bonds is 12. The summed E-state index contributed by atoms with van der Waals surface area (Å²) in [6.45, 7) is 5.59. The molecule has 0 atom stereocenters. The van der Waals surface area contributed by atoms with Crippen molar-refractivity contribution in [1.82, 2.24) is 4.98 Å². The minimum atomic E-state index is -0.708. The Morgan fingerprint density at radius 3 is 2.30 bits per heavy atom. The molecular weight excluding hydrogens is 576 g/mol. The lowest BCUT2D eigenvalue weighted by Crippen LogP contribution is -2.39. The number of methoxy groups -OCH3 is 1. The van der Waals surface area contributed by atoms with Gasteiger partial charge in [-0.2, -0.15) is 0 Å². The fraction of sp³-hybridized carbons (Fsp3) is 0.323. The number of amides is 3. The van der Waals surface area contributed by atoms with Crippen molar-refractivity contribution in [2.75, 3.05) is 36.6 Å². The normalized spacial score (nSPS) is 10.9. The first-order chi connectivity index (χ1) is 20.4. The molecule has 0 spiro atoms. The molecule has 0 radical (unpaired) electrons. The van der Waals surface area contributed by atoms with Crippen LogP contribution in [0, 0.1) is 0 Å². The number of anilines is 2. The molecule has 43 heavy (non-hydrogen) atoms. The Morgan fingerprint density at radius 2 is 1.65 bits per heavy atom. The Balaban J connectivity index is 1.84. The number of benzene rings is 2. The van der Waals surface area contributed by atoms with Gasteiger partial charge in [0.1, 0.15) is 18.0 Å². The van der Waals surface area contributed by atoms with Crippen LogP contribution in [0.2, 0.25) is 5.02 Å². The lowest BCUT2D eigenvalue weighted by molar-refractivity contribution is -0.140. The molecule has 3 amide bonds. The Hall–Kier alpha value is -4.64. The van der Waals surface area contributed by atoms with E-state index in [0.29, 0.717) is 5.69 Å². The number of primary amides is 1. The van der Waals surface area contributed by atoms with Crippen LogP contribution in [0.15, 0.2) is 67.0 Å². The van der Waals surface area contributed by atoms with Crippen molar-refractivity contribution in [3.63, 3.8) is 0 Å². The van der Waals surface area contributed by atoms with Gasteiger partial charge in [-0.05, 0) is 69.7 Å². The number of nitrogens with zero attached hydrogens (tertiary/aromatic N) is 3. The first-order valence-electron chi connectivity index (χ1n) is 13.5. The second-order valence-corrected chi connectivity index (χ2v) is 10.8. The van der Waals surface area contributed by atoms with Gasteiger partial charge in [-0.1, -0.05) is 23.7 Å². The maximum atomic E-state index is 13.8. The van der Waals surface area contributed by atoms with Crippen LogP contribution in [-0.4, -0.2) is 61.3 Å². The summed E-state index contributed by atoms with van der Waals surface area (Å²) in [5, 5.41) is 0.233. The van der Waals surface area contributed by atoms with Gasteiger partial charge in [0.05, 0.1) is 30.6 Å². The number of hydrogen-bond acceptors (Lipinski definition) is 8. The van der Waals surface area contributed by atoms with Gasteiger partial charge in [-0.25, -0.2) is 4.79 Å². The van der Waals surface area contributed by atoms with Crippen LogP contribution >= 0.6 is 11.6 Å². The number of pyridine rings is 1. The minimum absolute atomic E-state index is 0.0445. The van der Waals surface area contributed by atoms with Crippen LogP contribution in [0.5, 0.6) is 5.75 Å². The summed E-state index contributed by atoms with van der Waals surface area (Å²) in [5.41, 5.74) is 6.06. The molecule has 3 aromatic rings. The Kier molecular flexibility index (Phi) is 11.5. The van der Waals surface area contributed by atoms with E-state index < -0.39 is 29.5 Å². The molecule has 11 nitrogen and oxygen atoms in total. The largest absolute Gasteiger partial charge is 0.492 e. The van der Waals surface area contributed by atoms with E-state index in [2.05, 4.69) is 4.98 Å². The lowest BCUT2D eigenvalue weighted by Gasteiger charge is -2.27. The smallest absolute Gasteiger partial charge is 0.414 e. The maximum absolute atomic E-state index is 13.8. The SMILES string of the molecule is COC(=O)CCCN(C(=O)c1cc(Cl)cc(OCCN(C(=O)OC(C)(C)C)c2ccncc2)c1)c1ccccc1C(N)=O. The van der Waals surface area contributed by atoms with Crippen LogP contribution < -0.4 is 20.3 Å². The van der Waals surface area contributed by atoms with Crippen LogP contribution in [-0.2, 0) is 14.3 Å². The van der Waals surface area contributed by atoms with Crippen LogP contribution in [0.3, 0.4) is 0 Å². The van der Waals surface area contributed by atoms with Gasteiger partial charge in [0.2, 0.25) is 0 Å². The highest BCUT2D eigenvalue weighted by Gasteiger charge is 2.25. The highest BCUT2D eigenvalue weighted by atomic mass is 35.5. The first-order valence-corrected chi connectivity index (χ1v) is 13.9. The van der Waals surface area contributed by atoms with E-state index in [1.54, 1.807) is 69.6 Å². The Labute approximate surface area is 255 Å². The Bertz CT molecular complexity index is 1440.